The van der Waals surface area contributed by atoms with Gasteiger partial charge in [-0.15, -0.1) is 11.8 Å². The third-order valence-corrected chi connectivity index (χ3v) is 15.0. The van der Waals surface area contributed by atoms with Crippen LogP contribution in [0.1, 0.15) is 48.5 Å². The molecular weight excluding hydrogens is 643 g/mol. The van der Waals surface area contributed by atoms with Crippen LogP contribution >= 0.6 is 34.4 Å². The molecule has 0 unspecified atom stereocenters. The molecule has 0 bridgehead atoms. The van der Waals surface area contributed by atoms with E-state index >= 15 is 0 Å². The highest BCUT2D eigenvalue weighted by Gasteiger charge is 2.51. The van der Waals surface area contributed by atoms with E-state index in [1.165, 1.54) is 15.3 Å². The Morgan fingerprint density at radius 3 is 1.85 bits per heavy atom. The highest BCUT2D eigenvalue weighted by Crippen LogP contribution is 2.44. The molecule has 6 heteroatoms. The molecule has 1 heterocycles. The Morgan fingerprint density at radius 2 is 1.35 bits per heavy atom. The van der Waals surface area contributed by atoms with Crippen LogP contribution in [-0.4, -0.2) is 38.7 Å². The Balaban J connectivity index is 1.59. The predicted molar refractivity (Wildman–Crippen MR) is 180 cm³/mol. The van der Waals surface area contributed by atoms with Crippen LogP contribution < -0.4 is 10.4 Å². The summed E-state index contributed by atoms with van der Waals surface area (Å²) in [4.78, 5) is 1.27. The summed E-state index contributed by atoms with van der Waals surface area (Å²) < 4.78 is 21.4. The number of benzene rings is 3. The van der Waals surface area contributed by atoms with Crippen molar-refractivity contribution < 1.29 is 13.9 Å². The van der Waals surface area contributed by atoms with E-state index in [0.29, 0.717) is 6.61 Å². The van der Waals surface area contributed by atoms with E-state index in [4.69, 9.17) is 13.9 Å². The highest BCUT2D eigenvalue weighted by molar-refractivity contribution is 14.1. The maximum absolute atomic E-state index is 7.13. The molecule has 3 nitrogen and oxygen atoms in total. The minimum Gasteiger partial charge on any atom is -0.404 e. The SMILES string of the molecule is CC1(C)O[C@@H](C(C)(C)CSc2ccccc2)[C@H](/C(I)=C/CO[Si](c2ccccc2)(c2ccccc2)C(C)(C)C)O1. The molecule has 40 heavy (non-hydrogen) atoms. The van der Waals surface area contributed by atoms with Crippen LogP contribution in [0.5, 0.6) is 0 Å². The smallest absolute Gasteiger partial charge is 0.261 e. The summed E-state index contributed by atoms with van der Waals surface area (Å²) in [7, 11) is -2.61. The lowest BCUT2D eigenvalue weighted by Gasteiger charge is -2.42. The van der Waals surface area contributed by atoms with Gasteiger partial charge in [0.15, 0.2) is 5.79 Å². The van der Waals surface area contributed by atoms with Crippen LogP contribution in [0.4, 0.5) is 0 Å². The van der Waals surface area contributed by atoms with Crippen molar-refractivity contribution in [2.45, 2.75) is 76.4 Å². The van der Waals surface area contributed by atoms with Crippen molar-refractivity contribution in [1.82, 2.24) is 0 Å². The third kappa shape index (κ3) is 7.13. The third-order valence-electron chi connectivity index (χ3n) is 7.49. The number of rotatable bonds is 10. The monoisotopic (exact) mass is 686 g/mol. The van der Waals surface area contributed by atoms with E-state index in [2.05, 4.69) is 154 Å². The quantitative estimate of drug-likeness (QED) is 0.122. The Labute approximate surface area is 260 Å². The molecule has 4 rings (SSSR count). The molecule has 1 fully saturated rings. The molecule has 214 valence electrons. The average molecular weight is 687 g/mol. The normalized spacial score (nSPS) is 20.1. The summed E-state index contributed by atoms with van der Waals surface area (Å²) in [5.74, 6) is 0.285. The average Bonchev–Trinajstić information content (AvgIpc) is 3.27. The first-order chi connectivity index (χ1) is 18.9. The van der Waals surface area contributed by atoms with Crippen molar-refractivity contribution in [3.8, 4) is 0 Å². The van der Waals surface area contributed by atoms with Crippen LogP contribution in [0, 0.1) is 5.41 Å². The van der Waals surface area contributed by atoms with Gasteiger partial charge in [0.25, 0.3) is 8.32 Å². The summed E-state index contributed by atoms with van der Waals surface area (Å²) in [6.45, 7) is 16.1. The van der Waals surface area contributed by atoms with E-state index in [9.17, 15) is 0 Å². The van der Waals surface area contributed by atoms with Crippen LogP contribution in [0.25, 0.3) is 0 Å². The molecule has 3 aromatic rings. The zero-order valence-corrected chi connectivity index (χ0v) is 28.8. The lowest BCUT2D eigenvalue weighted by Crippen LogP contribution is -2.66. The van der Waals surface area contributed by atoms with Crippen LogP contribution in [0.2, 0.25) is 5.04 Å². The first-order valence-electron chi connectivity index (χ1n) is 14.0. The largest absolute Gasteiger partial charge is 0.404 e. The van der Waals surface area contributed by atoms with Crippen molar-refractivity contribution in [3.63, 3.8) is 0 Å². The highest BCUT2D eigenvalue weighted by atomic mass is 127. The fourth-order valence-electron chi connectivity index (χ4n) is 5.53. The second kappa shape index (κ2) is 12.8. The van der Waals surface area contributed by atoms with Gasteiger partial charge < -0.3 is 13.9 Å². The van der Waals surface area contributed by atoms with Gasteiger partial charge in [-0.05, 0) is 70.1 Å². The summed E-state index contributed by atoms with van der Waals surface area (Å²) >= 11 is 4.31. The Bertz CT molecular complexity index is 1220. The van der Waals surface area contributed by atoms with E-state index in [-0.39, 0.29) is 22.7 Å². The van der Waals surface area contributed by atoms with Crippen LogP contribution in [-0.2, 0) is 13.9 Å². The van der Waals surface area contributed by atoms with Crippen molar-refractivity contribution in [2.75, 3.05) is 12.4 Å². The summed E-state index contributed by atoms with van der Waals surface area (Å²) in [6.07, 6.45) is 1.99. The molecule has 0 amide bonds. The first-order valence-corrected chi connectivity index (χ1v) is 18.0. The Hall–Kier alpha value is -1.42. The number of ether oxygens (including phenoxy) is 2. The zero-order chi connectivity index (χ0) is 29.0. The molecule has 3 aromatic carbocycles. The summed E-state index contributed by atoms with van der Waals surface area (Å²) in [6, 6.07) is 32.2. The van der Waals surface area contributed by atoms with Gasteiger partial charge >= 0.3 is 0 Å². The molecule has 0 spiro atoms. The number of halogens is 1. The Morgan fingerprint density at radius 1 is 0.850 bits per heavy atom. The number of hydrogen-bond acceptors (Lipinski definition) is 4. The standard InChI is InChI=1S/C34H43IO3SSi/c1-32(2,3)40(27-19-13-9-14-20-27,28-21-15-10-16-22-28)36-24-23-29(35)30-31(38-34(6,7)37-30)33(4,5)25-39-26-17-11-8-12-18-26/h8-23,30-31H,24-25H2,1-7H3/b29-23-/t30-,31+/m0/s1. The minimum atomic E-state index is -2.61. The summed E-state index contributed by atoms with van der Waals surface area (Å²) in [5, 5.41) is 2.51. The van der Waals surface area contributed by atoms with Gasteiger partial charge in [-0.3, -0.25) is 0 Å². The lowest BCUT2D eigenvalue weighted by atomic mass is 9.85. The fraction of sp³-hybridized carbons (Fsp3) is 0.412. The molecule has 1 saturated heterocycles. The second-order valence-electron chi connectivity index (χ2n) is 12.6. The molecule has 0 N–H and O–H groups in total. The van der Waals surface area contributed by atoms with Crippen molar-refractivity contribution in [3.05, 3.63) is 101 Å². The fourth-order valence-corrected chi connectivity index (χ4v) is 11.7. The van der Waals surface area contributed by atoms with Gasteiger partial charge in [-0.1, -0.05) is 113 Å². The number of thioether (sulfide) groups is 1. The van der Waals surface area contributed by atoms with Crippen LogP contribution in [0.3, 0.4) is 0 Å². The lowest BCUT2D eigenvalue weighted by molar-refractivity contribution is -0.152. The minimum absolute atomic E-state index is 0.0663. The molecule has 0 aliphatic carbocycles. The van der Waals surface area contributed by atoms with Gasteiger partial charge in [-0.2, -0.15) is 0 Å². The Kier molecular flexibility index (Phi) is 10.1. The summed E-state index contributed by atoms with van der Waals surface area (Å²) in [5.41, 5.74) is -0.109. The van der Waals surface area contributed by atoms with Gasteiger partial charge in [0.1, 0.15) is 6.10 Å². The molecule has 2 atom stereocenters. The maximum Gasteiger partial charge on any atom is 0.261 e. The molecule has 0 radical (unpaired) electrons. The van der Waals surface area contributed by atoms with Crippen molar-refractivity contribution >= 4 is 53.0 Å². The van der Waals surface area contributed by atoms with Gasteiger partial charge in [0.05, 0.1) is 12.7 Å². The predicted octanol–water partition coefficient (Wildman–Crippen LogP) is 8.22. The zero-order valence-electron chi connectivity index (χ0n) is 24.8. The molecule has 0 saturated carbocycles. The maximum atomic E-state index is 7.13. The van der Waals surface area contributed by atoms with E-state index in [1.54, 1.807) is 0 Å². The van der Waals surface area contributed by atoms with Crippen molar-refractivity contribution in [1.29, 1.82) is 0 Å². The number of hydrogen-bond donors (Lipinski definition) is 0. The van der Waals surface area contributed by atoms with E-state index in [0.717, 1.165) is 9.33 Å². The molecular formula is C34H43IO3SSi. The topological polar surface area (TPSA) is 27.7 Å². The first kappa shape index (κ1) is 31.5. The molecule has 1 aliphatic rings. The molecule has 1 aliphatic heterocycles. The van der Waals surface area contributed by atoms with Gasteiger partial charge in [-0.25, -0.2) is 0 Å². The van der Waals surface area contributed by atoms with Crippen molar-refractivity contribution in [2.24, 2.45) is 5.41 Å². The van der Waals surface area contributed by atoms with E-state index in [1.807, 2.05) is 25.6 Å². The second-order valence-corrected chi connectivity index (χ2v) is 19.2. The van der Waals surface area contributed by atoms with Gasteiger partial charge in [0.2, 0.25) is 0 Å². The van der Waals surface area contributed by atoms with E-state index < -0.39 is 14.1 Å². The molecule has 0 aromatic heterocycles. The van der Waals surface area contributed by atoms with Crippen LogP contribution in [0.15, 0.2) is 106 Å². The van der Waals surface area contributed by atoms with Gasteiger partial charge in [0, 0.05) is 19.6 Å².